The summed E-state index contributed by atoms with van der Waals surface area (Å²) in [6.45, 7) is 5.65. The fraction of sp³-hybridized carbons (Fsp3) is 0.462. The third-order valence-corrected chi connectivity index (χ3v) is 2.33. The van der Waals surface area contributed by atoms with Gasteiger partial charge in [-0.25, -0.2) is 0 Å². The number of benzene rings is 1. The second kappa shape index (κ2) is 4.56. The van der Waals surface area contributed by atoms with E-state index in [1.807, 2.05) is 20.8 Å². The van der Waals surface area contributed by atoms with Gasteiger partial charge in [-0.1, -0.05) is 20.8 Å². The third kappa shape index (κ3) is 2.54. The van der Waals surface area contributed by atoms with Crippen LogP contribution in [0.15, 0.2) is 18.2 Å². The van der Waals surface area contributed by atoms with Crippen LogP contribution in [0.1, 0.15) is 31.1 Å². The molecule has 0 saturated heterocycles. The van der Waals surface area contributed by atoms with Gasteiger partial charge in [0.1, 0.15) is 11.5 Å². The number of hydrogen-bond donors (Lipinski definition) is 0. The lowest BCUT2D eigenvalue weighted by molar-refractivity contribution is 0.0854. The van der Waals surface area contributed by atoms with Crippen LogP contribution in [0, 0.1) is 5.41 Å². The first-order chi connectivity index (χ1) is 7.40. The molecule has 0 N–H and O–H groups in total. The molecule has 0 bridgehead atoms. The van der Waals surface area contributed by atoms with E-state index in [4.69, 9.17) is 9.47 Å². The average molecular weight is 222 g/mol. The maximum Gasteiger partial charge on any atom is 0.172 e. The third-order valence-electron chi connectivity index (χ3n) is 2.33. The van der Waals surface area contributed by atoms with E-state index in [1.165, 1.54) is 0 Å². The molecular weight excluding hydrogens is 204 g/mol. The molecule has 0 saturated carbocycles. The van der Waals surface area contributed by atoms with Gasteiger partial charge in [0.25, 0.3) is 0 Å². The fourth-order valence-electron chi connectivity index (χ4n) is 1.40. The molecule has 0 atom stereocenters. The predicted octanol–water partition coefficient (Wildman–Crippen LogP) is 2.93. The molecule has 0 aromatic heterocycles. The van der Waals surface area contributed by atoms with Crippen LogP contribution in [0.5, 0.6) is 11.5 Å². The predicted molar refractivity (Wildman–Crippen MR) is 63.3 cm³/mol. The molecule has 0 radical (unpaired) electrons. The maximum absolute atomic E-state index is 12.2. The molecule has 0 heterocycles. The van der Waals surface area contributed by atoms with Crippen molar-refractivity contribution < 1.29 is 14.3 Å². The molecule has 0 aliphatic rings. The second-order valence-electron chi connectivity index (χ2n) is 4.65. The van der Waals surface area contributed by atoms with E-state index in [-0.39, 0.29) is 5.78 Å². The number of rotatable bonds is 3. The lowest BCUT2D eigenvalue weighted by Crippen LogP contribution is -2.20. The Kier molecular flexibility index (Phi) is 3.58. The van der Waals surface area contributed by atoms with E-state index in [0.29, 0.717) is 17.1 Å². The van der Waals surface area contributed by atoms with Gasteiger partial charge in [0.05, 0.1) is 19.8 Å². The topological polar surface area (TPSA) is 35.5 Å². The lowest BCUT2D eigenvalue weighted by atomic mass is 9.86. The first-order valence-corrected chi connectivity index (χ1v) is 5.17. The largest absolute Gasteiger partial charge is 0.497 e. The van der Waals surface area contributed by atoms with Crippen molar-refractivity contribution in [3.63, 3.8) is 0 Å². The van der Waals surface area contributed by atoms with Gasteiger partial charge >= 0.3 is 0 Å². The van der Waals surface area contributed by atoms with E-state index in [1.54, 1.807) is 32.4 Å². The van der Waals surface area contributed by atoms with Crippen molar-refractivity contribution >= 4 is 5.78 Å². The average Bonchev–Trinajstić information content (AvgIpc) is 2.25. The van der Waals surface area contributed by atoms with Crippen LogP contribution >= 0.6 is 0 Å². The van der Waals surface area contributed by atoms with Gasteiger partial charge in [0.2, 0.25) is 0 Å². The number of Topliss-reactive ketones (excluding diaryl/α,β-unsaturated/α-hetero) is 1. The van der Waals surface area contributed by atoms with Crippen molar-refractivity contribution in [1.82, 2.24) is 0 Å². The van der Waals surface area contributed by atoms with Gasteiger partial charge in [-0.3, -0.25) is 4.79 Å². The van der Waals surface area contributed by atoms with Gasteiger partial charge in [0, 0.05) is 5.41 Å². The number of ether oxygens (including phenoxy) is 2. The van der Waals surface area contributed by atoms with Gasteiger partial charge in [-0.05, 0) is 18.2 Å². The molecular formula is C13H18O3. The van der Waals surface area contributed by atoms with Gasteiger partial charge in [-0.15, -0.1) is 0 Å². The number of ketones is 1. The first kappa shape index (κ1) is 12.6. The highest BCUT2D eigenvalue weighted by Crippen LogP contribution is 2.30. The van der Waals surface area contributed by atoms with Crippen LogP contribution in [0.3, 0.4) is 0 Å². The Balaban J connectivity index is 3.24. The Morgan fingerprint density at radius 3 is 2.19 bits per heavy atom. The number of hydrogen-bond acceptors (Lipinski definition) is 3. The molecule has 0 fully saturated rings. The van der Waals surface area contributed by atoms with Crippen LogP contribution in [0.2, 0.25) is 0 Å². The standard InChI is InChI=1S/C13H18O3/c1-13(2,3)12(14)10-8-9(15-4)6-7-11(10)16-5/h6-8H,1-5H3. The molecule has 0 aliphatic carbocycles. The van der Waals surface area contributed by atoms with Crippen LogP contribution < -0.4 is 9.47 Å². The monoisotopic (exact) mass is 222 g/mol. The van der Waals surface area contributed by atoms with Crippen LogP contribution in [-0.4, -0.2) is 20.0 Å². The van der Waals surface area contributed by atoms with E-state index in [2.05, 4.69) is 0 Å². The minimum Gasteiger partial charge on any atom is -0.497 e. The first-order valence-electron chi connectivity index (χ1n) is 5.17. The quantitative estimate of drug-likeness (QED) is 0.738. The summed E-state index contributed by atoms with van der Waals surface area (Å²) in [6.07, 6.45) is 0. The van der Waals surface area contributed by atoms with E-state index in [0.717, 1.165) is 0 Å². The van der Waals surface area contributed by atoms with Crippen molar-refractivity contribution in [2.24, 2.45) is 5.41 Å². The SMILES string of the molecule is COc1ccc(OC)c(C(=O)C(C)(C)C)c1. The minimum atomic E-state index is -0.431. The summed E-state index contributed by atoms with van der Waals surface area (Å²) in [5, 5.41) is 0. The molecule has 0 unspecified atom stereocenters. The highest BCUT2D eigenvalue weighted by atomic mass is 16.5. The van der Waals surface area contributed by atoms with Crippen LogP contribution in [-0.2, 0) is 0 Å². The molecule has 0 spiro atoms. The highest BCUT2D eigenvalue weighted by molar-refractivity contribution is 6.02. The molecule has 1 aromatic rings. The van der Waals surface area contributed by atoms with Crippen molar-refractivity contribution in [2.75, 3.05) is 14.2 Å². The van der Waals surface area contributed by atoms with Crippen molar-refractivity contribution in [1.29, 1.82) is 0 Å². The van der Waals surface area contributed by atoms with Crippen molar-refractivity contribution in [3.05, 3.63) is 23.8 Å². The molecule has 0 amide bonds. The van der Waals surface area contributed by atoms with E-state index >= 15 is 0 Å². The lowest BCUT2D eigenvalue weighted by Gasteiger charge is -2.18. The second-order valence-corrected chi connectivity index (χ2v) is 4.65. The van der Waals surface area contributed by atoms with Gasteiger partial charge in [0.15, 0.2) is 5.78 Å². The fourth-order valence-corrected chi connectivity index (χ4v) is 1.40. The normalized spacial score (nSPS) is 11.1. The Bertz CT molecular complexity index is 389. The molecule has 0 aliphatic heterocycles. The molecule has 3 nitrogen and oxygen atoms in total. The number of carbonyl (C=O) groups excluding carboxylic acids is 1. The van der Waals surface area contributed by atoms with Gasteiger partial charge < -0.3 is 9.47 Å². The number of carbonyl (C=O) groups is 1. The zero-order valence-electron chi connectivity index (χ0n) is 10.5. The summed E-state index contributed by atoms with van der Waals surface area (Å²) < 4.78 is 10.3. The summed E-state index contributed by atoms with van der Waals surface area (Å²) >= 11 is 0. The minimum absolute atomic E-state index is 0.0447. The van der Waals surface area contributed by atoms with E-state index < -0.39 is 5.41 Å². The Morgan fingerprint density at radius 2 is 1.75 bits per heavy atom. The molecule has 1 aromatic carbocycles. The van der Waals surface area contributed by atoms with Crippen molar-refractivity contribution in [2.45, 2.75) is 20.8 Å². The summed E-state index contributed by atoms with van der Waals surface area (Å²) in [7, 11) is 3.13. The molecule has 16 heavy (non-hydrogen) atoms. The highest BCUT2D eigenvalue weighted by Gasteiger charge is 2.26. The Labute approximate surface area is 96.4 Å². The smallest absolute Gasteiger partial charge is 0.172 e. The van der Waals surface area contributed by atoms with Crippen LogP contribution in [0.4, 0.5) is 0 Å². The summed E-state index contributed by atoms with van der Waals surface area (Å²) in [6, 6.07) is 5.24. The molecule has 1 rings (SSSR count). The molecule has 3 heteroatoms. The number of methoxy groups -OCH3 is 2. The molecule has 88 valence electrons. The van der Waals surface area contributed by atoms with Gasteiger partial charge in [-0.2, -0.15) is 0 Å². The summed E-state index contributed by atoms with van der Waals surface area (Å²) in [4.78, 5) is 12.2. The van der Waals surface area contributed by atoms with E-state index in [9.17, 15) is 4.79 Å². The Morgan fingerprint density at radius 1 is 1.12 bits per heavy atom. The van der Waals surface area contributed by atoms with Crippen molar-refractivity contribution in [3.8, 4) is 11.5 Å². The zero-order valence-corrected chi connectivity index (χ0v) is 10.5. The summed E-state index contributed by atoms with van der Waals surface area (Å²) in [5.41, 5.74) is 0.133. The Hall–Kier alpha value is -1.51. The maximum atomic E-state index is 12.2. The summed E-state index contributed by atoms with van der Waals surface area (Å²) in [5.74, 6) is 1.29. The zero-order chi connectivity index (χ0) is 12.3. The van der Waals surface area contributed by atoms with Crippen LogP contribution in [0.25, 0.3) is 0 Å².